The van der Waals surface area contributed by atoms with Gasteiger partial charge in [-0.1, -0.05) is 30.3 Å². The highest BCUT2D eigenvalue weighted by Crippen LogP contribution is 2.24. The van der Waals surface area contributed by atoms with Gasteiger partial charge >= 0.3 is 0 Å². The summed E-state index contributed by atoms with van der Waals surface area (Å²) in [7, 11) is 2.19. The number of likely N-dealkylation sites (N-methyl/N-ethyl adjacent to an activating group) is 1. The molecule has 3 nitrogen and oxygen atoms in total. The maximum Gasteiger partial charge on any atom is 0.0351 e. The molecule has 0 aliphatic carbocycles. The van der Waals surface area contributed by atoms with Crippen molar-refractivity contribution < 1.29 is 0 Å². The van der Waals surface area contributed by atoms with E-state index in [1.807, 2.05) is 0 Å². The Labute approximate surface area is 117 Å². The summed E-state index contributed by atoms with van der Waals surface area (Å²) >= 11 is 0. The van der Waals surface area contributed by atoms with E-state index in [0.717, 1.165) is 32.6 Å². The largest absolute Gasteiger partial charge is 0.329 e. The Morgan fingerprint density at radius 3 is 2.58 bits per heavy atom. The van der Waals surface area contributed by atoms with E-state index in [2.05, 4.69) is 61.0 Å². The first-order valence-electron chi connectivity index (χ1n) is 7.22. The van der Waals surface area contributed by atoms with Gasteiger partial charge < -0.3 is 10.6 Å². The Morgan fingerprint density at radius 2 is 1.95 bits per heavy atom. The molecule has 1 fully saturated rings. The van der Waals surface area contributed by atoms with Crippen molar-refractivity contribution in [2.75, 3.05) is 33.2 Å². The van der Waals surface area contributed by atoms with E-state index in [9.17, 15) is 0 Å². The lowest BCUT2D eigenvalue weighted by Crippen LogP contribution is -2.65. The molecule has 2 N–H and O–H groups in total. The van der Waals surface area contributed by atoms with Crippen LogP contribution >= 0.6 is 0 Å². The van der Waals surface area contributed by atoms with Gasteiger partial charge in [0, 0.05) is 37.8 Å². The highest BCUT2D eigenvalue weighted by molar-refractivity contribution is 5.15. The van der Waals surface area contributed by atoms with Crippen LogP contribution in [0.1, 0.15) is 19.4 Å². The second-order valence-electron chi connectivity index (χ2n) is 6.33. The van der Waals surface area contributed by atoms with Crippen LogP contribution in [0.25, 0.3) is 0 Å². The Morgan fingerprint density at radius 1 is 1.26 bits per heavy atom. The number of benzene rings is 1. The van der Waals surface area contributed by atoms with E-state index in [1.54, 1.807) is 0 Å². The molecule has 1 aliphatic rings. The summed E-state index contributed by atoms with van der Waals surface area (Å²) in [6.07, 6.45) is 1.10. The van der Waals surface area contributed by atoms with Crippen molar-refractivity contribution in [1.82, 2.24) is 9.80 Å². The molecule has 2 rings (SSSR count). The molecule has 0 amide bonds. The fraction of sp³-hybridized carbons (Fsp3) is 0.625. The van der Waals surface area contributed by atoms with Gasteiger partial charge in [0.1, 0.15) is 0 Å². The van der Waals surface area contributed by atoms with Gasteiger partial charge in [-0.15, -0.1) is 0 Å². The van der Waals surface area contributed by atoms with Crippen LogP contribution in [0.4, 0.5) is 0 Å². The summed E-state index contributed by atoms with van der Waals surface area (Å²) < 4.78 is 0. The molecule has 1 atom stereocenters. The SMILES string of the molecule is CN1CC(CN)N(CCc2ccccc2)C(C)(C)C1. The van der Waals surface area contributed by atoms with E-state index in [-0.39, 0.29) is 5.54 Å². The first-order chi connectivity index (χ1) is 9.03. The molecule has 0 radical (unpaired) electrons. The first kappa shape index (κ1) is 14.5. The molecule has 1 saturated heterocycles. The maximum atomic E-state index is 5.98. The van der Waals surface area contributed by atoms with Crippen LogP contribution in [-0.2, 0) is 6.42 Å². The molecule has 0 aromatic heterocycles. The number of hydrogen-bond donors (Lipinski definition) is 1. The quantitative estimate of drug-likeness (QED) is 0.893. The molecule has 1 heterocycles. The highest BCUT2D eigenvalue weighted by atomic mass is 15.3. The van der Waals surface area contributed by atoms with Crippen LogP contribution < -0.4 is 5.73 Å². The Bertz CT molecular complexity index is 388. The summed E-state index contributed by atoms with van der Waals surface area (Å²) in [6, 6.07) is 11.2. The van der Waals surface area contributed by atoms with E-state index >= 15 is 0 Å². The fourth-order valence-electron chi connectivity index (χ4n) is 3.35. The molecule has 1 aliphatic heterocycles. The minimum absolute atomic E-state index is 0.200. The Hall–Kier alpha value is -0.900. The van der Waals surface area contributed by atoms with Crippen molar-refractivity contribution in [3.63, 3.8) is 0 Å². The summed E-state index contributed by atoms with van der Waals surface area (Å²) in [5.41, 5.74) is 7.59. The lowest BCUT2D eigenvalue weighted by Gasteiger charge is -2.51. The van der Waals surface area contributed by atoms with Gasteiger partial charge in [0.15, 0.2) is 0 Å². The standard InChI is InChI=1S/C16H27N3/c1-16(2)13-18(3)12-15(11-17)19(16)10-9-14-7-5-4-6-8-14/h4-8,15H,9-13,17H2,1-3H3. The third-order valence-corrected chi connectivity index (χ3v) is 4.15. The normalized spacial score (nSPS) is 24.5. The third kappa shape index (κ3) is 3.56. The van der Waals surface area contributed by atoms with Crippen LogP contribution in [0, 0.1) is 0 Å². The van der Waals surface area contributed by atoms with Crippen LogP contribution in [0.15, 0.2) is 30.3 Å². The van der Waals surface area contributed by atoms with Crippen molar-refractivity contribution in [3.8, 4) is 0 Å². The first-order valence-corrected chi connectivity index (χ1v) is 7.22. The average molecular weight is 261 g/mol. The minimum atomic E-state index is 0.200. The molecule has 0 spiro atoms. The molecule has 1 aromatic rings. The molecule has 1 unspecified atom stereocenters. The molecule has 1 aromatic carbocycles. The number of rotatable bonds is 4. The number of nitrogens with two attached hydrogens (primary N) is 1. The Balaban J connectivity index is 2.03. The monoisotopic (exact) mass is 261 g/mol. The highest BCUT2D eigenvalue weighted by Gasteiger charge is 2.37. The van der Waals surface area contributed by atoms with E-state index < -0.39 is 0 Å². The van der Waals surface area contributed by atoms with Crippen LogP contribution in [0.2, 0.25) is 0 Å². The topological polar surface area (TPSA) is 32.5 Å². The van der Waals surface area contributed by atoms with Crippen molar-refractivity contribution in [2.45, 2.75) is 31.8 Å². The Kier molecular flexibility index (Phi) is 4.61. The molecule has 19 heavy (non-hydrogen) atoms. The zero-order valence-electron chi connectivity index (χ0n) is 12.5. The molecular formula is C16H27N3. The minimum Gasteiger partial charge on any atom is -0.329 e. The average Bonchev–Trinajstić information content (AvgIpc) is 2.37. The lowest BCUT2D eigenvalue weighted by atomic mass is 9.94. The zero-order valence-corrected chi connectivity index (χ0v) is 12.5. The molecular weight excluding hydrogens is 234 g/mol. The van der Waals surface area contributed by atoms with E-state index in [1.165, 1.54) is 5.56 Å². The van der Waals surface area contributed by atoms with Gasteiger partial charge in [-0.3, -0.25) is 4.90 Å². The zero-order chi connectivity index (χ0) is 13.9. The van der Waals surface area contributed by atoms with Gasteiger partial charge in [0.2, 0.25) is 0 Å². The lowest BCUT2D eigenvalue weighted by molar-refractivity contribution is -0.0113. The second-order valence-corrected chi connectivity index (χ2v) is 6.33. The van der Waals surface area contributed by atoms with E-state index in [4.69, 9.17) is 5.73 Å². The summed E-state index contributed by atoms with van der Waals surface area (Å²) in [6.45, 7) is 8.68. The molecule has 106 valence electrons. The van der Waals surface area contributed by atoms with Gasteiger partial charge in [0.25, 0.3) is 0 Å². The van der Waals surface area contributed by atoms with Gasteiger partial charge in [-0.2, -0.15) is 0 Å². The van der Waals surface area contributed by atoms with Gasteiger partial charge in [-0.05, 0) is 32.9 Å². The molecule has 3 heteroatoms. The molecule has 0 saturated carbocycles. The predicted molar refractivity (Wildman–Crippen MR) is 81.3 cm³/mol. The second kappa shape index (κ2) is 6.04. The van der Waals surface area contributed by atoms with Gasteiger partial charge in [0.05, 0.1) is 0 Å². The smallest absolute Gasteiger partial charge is 0.0351 e. The van der Waals surface area contributed by atoms with Crippen molar-refractivity contribution in [1.29, 1.82) is 0 Å². The van der Waals surface area contributed by atoms with E-state index in [0.29, 0.717) is 6.04 Å². The summed E-state index contributed by atoms with van der Waals surface area (Å²) in [5, 5.41) is 0. The number of piperazine rings is 1. The van der Waals surface area contributed by atoms with Crippen LogP contribution in [-0.4, -0.2) is 54.6 Å². The van der Waals surface area contributed by atoms with Crippen LogP contribution in [0.5, 0.6) is 0 Å². The van der Waals surface area contributed by atoms with Crippen molar-refractivity contribution >= 4 is 0 Å². The predicted octanol–water partition coefficient (Wildman–Crippen LogP) is 1.58. The van der Waals surface area contributed by atoms with Crippen LogP contribution in [0.3, 0.4) is 0 Å². The maximum absolute atomic E-state index is 5.98. The van der Waals surface area contributed by atoms with Crippen molar-refractivity contribution in [3.05, 3.63) is 35.9 Å². The summed E-state index contributed by atoms with van der Waals surface area (Å²) in [4.78, 5) is 5.00. The fourth-order valence-corrected chi connectivity index (χ4v) is 3.35. The number of hydrogen-bond acceptors (Lipinski definition) is 3. The van der Waals surface area contributed by atoms with Gasteiger partial charge in [-0.25, -0.2) is 0 Å². The molecule has 0 bridgehead atoms. The summed E-state index contributed by atoms with van der Waals surface area (Å²) in [5.74, 6) is 0. The third-order valence-electron chi connectivity index (χ3n) is 4.15. The van der Waals surface area contributed by atoms with Crippen molar-refractivity contribution in [2.24, 2.45) is 5.73 Å². The number of nitrogens with zero attached hydrogens (tertiary/aromatic N) is 2.